The molecule has 30 heavy (non-hydrogen) atoms. The zero-order valence-electron chi connectivity index (χ0n) is 17.0. The van der Waals surface area contributed by atoms with E-state index in [1.165, 1.54) is 11.2 Å². The van der Waals surface area contributed by atoms with Crippen molar-refractivity contribution in [2.75, 3.05) is 31.5 Å². The summed E-state index contributed by atoms with van der Waals surface area (Å²) in [5.74, 6) is 0.258. The molecule has 0 unspecified atom stereocenters. The van der Waals surface area contributed by atoms with Crippen molar-refractivity contribution in [2.45, 2.75) is 13.0 Å². The second-order valence-electron chi connectivity index (χ2n) is 7.55. The van der Waals surface area contributed by atoms with Crippen molar-refractivity contribution >= 4 is 17.5 Å². The maximum Gasteiger partial charge on any atom is 0.289 e. The molecule has 0 spiro atoms. The number of rotatable bonds is 5. The first kappa shape index (κ1) is 19.9. The summed E-state index contributed by atoms with van der Waals surface area (Å²) >= 11 is 0. The van der Waals surface area contributed by atoms with E-state index in [1.807, 2.05) is 61.5 Å². The van der Waals surface area contributed by atoms with Gasteiger partial charge in [-0.05, 0) is 30.7 Å². The predicted molar refractivity (Wildman–Crippen MR) is 115 cm³/mol. The Bertz CT molecular complexity index is 994. The molecule has 4 rings (SSSR count). The van der Waals surface area contributed by atoms with E-state index in [9.17, 15) is 9.59 Å². The van der Waals surface area contributed by atoms with Gasteiger partial charge in [0.05, 0.1) is 32.4 Å². The van der Waals surface area contributed by atoms with Crippen molar-refractivity contribution in [3.8, 4) is 11.1 Å². The molecule has 2 N–H and O–H groups in total. The molecule has 2 heterocycles. The number of piperazine rings is 1. The molecule has 1 aliphatic rings. The number of benzene rings is 2. The number of carbonyl (C=O) groups excluding carboxylic acids is 2. The molecule has 2 amide bonds. The van der Waals surface area contributed by atoms with Crippen LogP contribution in [0.15, 0.2) is 77.4 Å². The summed E-state index contributed by atoms with van der Waals surface area (Å²) in [5.41, 5.74) is 2.88. The first-order valence-corrected chi connectivity index (χ1v) is 10.3. The summed E-state index contributed by atoms with van der Waals surface area (Å²) in [5, 5.41) is 3.11. The van der Waals surface area contributed by atoms with Gasteiger partial charge in [0.15, 0.2) is 11.8 Å². The Morgan fingerprint density at radius 1 is 0.967 bits per heavy atom. The molecule has 6 heteroatoms. The van der Waals surface area contributed by atoms with E-state index in [2.05, 4.69) is 5.32 Å². The van der Waals surface area contributed by atoms with Crippen LogP contribution in [0.2, 0.25) is 0 Å². The lowest BCUT2D eigenvalue weighted by Gasteiger charge is -2.34. The minimum atomic E-state index is -0.213. The largest absolute Gasteiger partial charge is 0.459 e. The number of hydrogen-bond acceptors (Lipinski definition) is 3. The highest BCUT2D eigenvalue weighted by Crippen LogP contribution is 2.27. The molecule has 0 bridgehead atoms. The number of nitrogens with one attached hydrogen (secondary N) is 2. The standard InChI is InChI=1S/C24H25N3O3/c1-18(26-13-15-27(16-14-26)24(29)22-12-7-17-30-22)23(28)25-21-11-6-5-10-20(21)19-8-3-2-4-9-19/h2-12,17-18H,13-16H2,1H3,(H,25,28)/p+1/t18-/m0/s1. The van der Waals surface area contributed by atoms with Gasteiger partial charge in [0, 0.05) is 11.3 Å². The van der Waals surface area contributed by atoms with Crippen LogP contribution >= 0.6 is 0 Å². The van der Waals surface area contributed by atoms with Crippen LogP contribution in [0, 0.1) is 0 Å². The van der Waals surface area contributed by atoms with E-state index >= 15 is 0 Å². The zero-order valence-corrected chi connectivity index (χ0v) is 17.0. The number of quaternary nitrogens is 1. The minimum Gasteiger partial charge on any atom is -0.459 e. The highest BCUT2D eigenvalue weighted by molar-refractivity contribution is 5.97. The van der Waals surface area contributed by atoms with Crippen LogP contribution in [0.1, 0.15) is 17.5 Å². The lowest BCUT2D eigenvalue weighted by Crippen LogP contribution is -3.19. The average molecular weight is 404 g/mol. The quantitative estimate of drug-likeness (QED) is 0.686. The molecular weight excluding hydrogens is 378 g/mol. The summed E-state index contributed by atoms with van der Waals surface area (Å²) in [6.07, 6.45) is 1.51. The second-order valence-corrected chi connectivity index (χ2v) is 7.55. The Hall–Kier alpha value is -3.38. The molecule has 6 nitrogen and oxygen atoms in total. The molecule has 1 atom stereocenters. The second kappa shape index (κ2) is 8.97. The van der Waals surface area contributed by atoms with E-state index in [0.717, 1.165) is 29.9 Å². The molecule has 2 aromatic carbocycles. The topological polar surface area (TPSA) is 67.0 Å². The normalized spacial score (nSPS) is 15.6. The van der Waals surface area contributed by atoms with Gasteiger partial charge in [0.1, 0.15) is 0 Å². The Morgan fingerprint density at radius 3 is 2.37 bits per heavy atom. The first-order chi connectivity index (χ1) is 14.6. The average Bonchev–Trinajstić information content (AvgIpc) is 3.34. The highest BCUT2D eigenvalue weighted by atomic mass is 16.3. The zero-order chi connectivity index (χ0) is 20.9. The first-order valence-electron chi connectivity index (χ1n) is 10.3. The fourth-order valence-electron chi connectivity index (χ4n) is 3.87. The van der Waals surface area contributed by atoms with Gasteiger partial charge in [-0.25, -0.2) is 0 Å². The van der Waals surface area contributed by atoms with Crippen LogP contribution in [0.5, 0.6) is 0 Å². The Morgan fingerprint density at radius 2 is 1.67 bits per heavy atom. The lowest BCUT2D eigenvalue weighted by atomic mass is 10.0. The highest BCUT2D eigenvalue weighted by Gasteiger charge is 2.32. The summed E-state index contributed by atoms with van der Waals surface area (Å²) in [6.45, 7) is 4.60. The molecule has 1 saturated heterocycles. The van der Waals surface area contributed by atoms with Crippen LogP contribution < -0.4 is 10.2 Å². The molecule has 0 saturated carbocycles. The van der Waals surface area contributed by atoms with Gasteiger partial charge in [0.2, 0.25) is 0 Å². The number of carbonyl (C=O) groups is 2. The van der Waals surface area contributed by atoms with Crippen molar-refractivity contribution < 1.29 is 18.9 Å². The minimum absolute atomic E-state index is 0.0146. The third-order valence-electron chi connectivity index (χ3n) is 5.70. The molecule has 1 aromatic heterocycles. The Balaban J connectivity index is 1.38. The van der Waals surface area contributed by atoms with Gasteiger partial charge in [-0.2, -0.15) is 0 Å². The number of furan rings is 1. The molecule has 0 aliphatic carbocycles. The summed E-state index contributed by atoms with van der Waals surface area (Å²) < 4.78 is 5.21. The van der Waals surface area contributed by atoms with Gasteiger partial charge < -0.3 is 19.5 Å². The van der Waals surface area contributed by atoms with Crippen LogP contribution in [0.4, 0.5) is 5.69 Å². The van der Waals surface area contributed by atoms with Crippen LogP contribution in [-0.4, -0.2) is 48.9 Å². The fraction of sp³-hybridized carbons (Fsp3) is 0.250. The maximum atomic E-state index is 13.0. The van der Waals surface area contributed by atoms with Crippen molar-refractivity contribution in [1.82, 2.24) is 4.90 Å². The van der Waals surface area contributed by atoms with Crippen LogP contribution in [0.3, 0.4) is 0 Å². The number of amides is 2. The van der Waals surface area contributed by atoms with Gasteiger partial charge in [-0.15, -0.1) is 0 Å². The molecule has 0 radical (unpaired) electrons. The molecule has 154 valence electrons. The molecule has 3 aromatic rings. The Labute approximate surface area is 176 Å². The van der Waals surface area contributed by atoms with Crippen molar-refractivity contribution in [3.63, 3.8) is 0 Å². The van der Waals surface area contributed by atoms with E-state index in [-0.39, 0.29) is 17.9 Å². The maximum absolute atomic E-state index is 13.0. The van der Waals surface area contributed by atoms with E-state index in [4.69, 9.17) is 4.42 Å². The van der Waals surface area contributed by atoms with E-state index in [0.29, 0.717) is 18.8 Å². The lowest BCUT2D eigenvalue weighted by molar-refractivity contribution is -0.917. The number of anilines is 1. The van der Waals surface area contributed by atoms with Gasteiger partial charge in [0.25, 0.3) is 11.8 Å². The number of hydrogen-bond donors (Lipinski definition) is 2. The van der Waals surface area contributed by atoms with Crippen molar-refractivity contribution in [2.24, 2.45) is 0 Å². The van der Waals surface area contributed by atoms with Crippen molar-refractivity contribution in [3.05, 3.63) is 78.8 Å². The Kier molecular flexibility index (Phi) is 5.95. The van der Waals surface area contributed by atoms with Gasteiger partial charge in [-0.1, -0.05) is 48.5 Å². The van der Waals surface area contributed by atoms with Gasteiger partial charge in [-0.3, -0.25) is 9.59 Å². The predicted octanol–water partition coefficient (Wildman–Crippen LogP) is 2.31. The molecule has 1 fully saturated rings. The smallest absolute Gasteiger partial charge is 0.289 e. The third kappa shape index (κ3) is 4.28. The van der Waals surface area contributed by atoms with Gasteiger partial charge >= 0.3 is 0 Å². The van der Waals surface area contributed by atoms with E-state index < -0.39 is 0 Å². The van der Waals surface area contributed by atoms with Crippen molar-refractivity contribution in [1.29, 1.82) is 0 Å². The SMILES string of the molecule is C[C@@H](C(=O)Nc1ccccc1-c1ccccc1)[NH+]1CCN(C(=O)c2ccco2)CC1. The van der Waals surface area contributed by atoms with Crippen LogP contribution in [-0.2, 0) is 4.79 Å². The monoisotopic (exact) mass is 404 g/mol. The number of nitrogens with zero attached hydrogens (tertiary/aromatic N) is 1. The molecule has 1 aliphatic heterocycles. The summed E-state index contributed by atoms with van der Waals surface area (Å²) in [4.78, 5) is 28.4. The summed E-state index contributed by atoms with van der Waals surface area (Å²) in [6, 6.07) is 21.1. The fourth-order valence-corrected chi connectivity index (χ4v) is 3.87. The molecular formula is C24H26N3O3+. The van der Waals surface area contributed by atoms with Crippen LogP contribution in [0.25, 0.3) is 11.1 Å². The summed E-state index contributed by atoms with van der Waals surface area (Å²) in [7, 11) is 0. The third-order valence-corrected chi connectivity index (χ3v) is 5.70. The number of para-hydroxylation sites is 1. The van der Waals surface area contributed by atoms with E-state index in [1.54, 1.807) is 17.0 Å².